The predicted molar refractivity (Wildman–Crippen MR) is 84.7 cm³/mol. The van der Waals surface area contributed by atoms with E-state index >= 15 is 0 Å². The number of aromatic nitrogens is 4. The first kappa shape index (κ1) is 17.2. The van der Waals surface area contributed by atoms with Crippen LogP contribution in [0.1, 0.15) is 42.9 Å². The summed E-state index contributed by atoms with van der Waals surface area (Å²) < 4.78 is 45.7. The SMILES string of the molecule is Cc1ccc(F)cc1C(C)(C)c1noc(-c2cc(C(F)F)n(C)n2)n1. The van der Waals surface area contributed by atoms with Crippen LogP contribution in [0.4, 0.5) is 13.2 Å². The van der Waals surface area contributed by atoms with Gasteiger partial charge >= 0.3 is 0 Å². The van der Waals surface area contributed by atoms with E-state index in [0.717, 1.165) is 10.2 Å². The van der Waals surface area contributed by atoms with E-state index in [1.54, 1.807) is 6.07 Å². The molecule has 0 fully saturated rings. The van der Waals surface area contributed by atoms with E-state index in [-0.39, 0.29) is 23.1 Å². The van der Waals surface area contributed by atoms with E-state index in [0.29, 0.717) is 11.4 Å². The summed E-state index contributed by atoms with van der Waals surface area (Å²) in [4.78, 5) is 4.29. The van der Waals surface area contributed by atoms with Crippen LogP contribution in [-0.4, -0.2) is 19.9 Å². The lowest BCUT2D eigenvalue weighted by Gasteiger charge is -2.23. The standard InChI is InChI=1S/C17H17F3N4O/c1-9-5-6-10(18)7-11(9)17(2,3)16-21-15(25-23-16)12-8-13(14(19)20)24(4)22-12/h5-8,14H,1-4H3. The molecular formula is C17H17F3N4O. The summed E-state index contributed by atoms with van der Waals surface area (Å²) in [6, 6.07) is 5.71. The second-order valence-corrected chi connectivity index (χ2v) is 6.39. The van der Waals surface area contributed by atoms with E-state index < -0.39 is 11.8 Å². The number of halogens is 3. The predicted octanol–water partition coefficient (Wildman–Crippen LogP) is 4.18. The molecular weight excluding hydrogens is 333 g/mol. The van der Waals surface area contributed by atoms with Crippen molar-refractivity contribution in [3.63, 3.8) is 0 Å². The quantitative estimate of drug-likeness (QED) is 0.708. The van der Waals surface area contributed by atoms with Crippen LogP contribution in [0.5, 0.6) is 0 Å². The first-order chi connectivity index (χ1) is 11.7. The summed E-state index contributed by atoms with van der Waals surface area (Å²) in [5, 5.41) is 7.93. The van der Waals surface area contributed by atoms with Crippen LogP contribution >= 0.6 is 0 Å². The van der Waals surface area contributed by atoms with Crippen LogP contribution in [0.15, 0.2) is 28.8 Å². The molecule has 0 saturated carbocycles. The molecule has 0 aliphatic rings. The van der Waals surface area contributed by atoms with Gasteiger partial charge in [0.2, 0.25) is 0 Å². The fourth-order valence-corrected chi connectivity index (χ4v) is 2.76. The third kappa shape index (κ3) is 3.04. The maximum Gasteiger partial charge on any atom is 0.280 e. The summed E-state index contributed by atoms with van der Waals surface area (Å²) in [6.07, 6.45) is -2.65. The van der Waals surface area contributed by atoms with Crippen LogP contribution in [0.25, 0.3) is 11.6 Å². The van der Waals surface area contributed by atoms with Crippen molar-refractivity contribution in [3.8, 4) is 11.6 Å². The van der Waals surface area contributed by atoms with Crippen molar-refractivity contribution in [3.05, 3.63) is 52.7 Å². The Bertz CT molecular complexity index is 915. The van der Waals surface area contributed by atoms with E-state index in [1.807, 2.05) is 20.8 Å². The highest BCUT2D eigenvalue weighted by Gasteiger charge is 2.31. The molecule has 25 heavy (non-hydrogen) atoms. The van der Waals surface area contributed by atoms with Gasteiger partial charge in [-0.05, 0) is 50.1 Å². The number of alkyl halides is 2. The highest BCUT2D eigenvalue weighted by Crippen LogP contribution is 2.33. The van der Waals surface area contributed by atoms with Crippen LogP contribution < -0.4 is 0 Å². The summed E-state index contributed by atoms with van der Waals surface area (Å²) in [5.41, 5.74) is 0.803. The fourth-order valence-electron chi connectivity index (χ4n) is 2.76. The number of nitrogens with zero attached hydrogens (tertiary/aromatic N) is 4. The van der Waals surface area contributed by atoms with Crippen molar-refractivity contribution in [2.45, 2.75) is 32.6 Å². The topological polar surface area (TPSA) is 56.7 Å². The molecule has 2 heterocycles. The Hall–Kier alpha value is -2.64. The minimum atomic E-state index is -2.65. The first-order valence-corrected chi connectivity index (χ1v) is 7.63. The Kier molecular flexibility index (Phi) is 4.14. The molecule has 8 heteroatoms. The molecule has 132 valence electrons. The molecule has 0 bridgehead atoms. The second-order valence-electron chi connectivity index (χ2n) is 6.39. The number of benzene rings is 1. The van der Waals surface area contributed by atoms with E-state index in [1.165, 1.54) is 25.2 Å². The zero-order valence-electron chi connectivity index (χ0n) is 14.2. The molecule has 3 aromatic rings. The Morgan fingerprint density at radius 3 is 2.56 bits per heavy atom. The minimum absolute atomic E-state index is 0.0413. The van der Waals surface area contributed by atoms with Crippen molar-refractivity contribution in [1.82, 2.24) is 19.9 Å². The second kappa shape index (κ2) is 6.02. The van der Waals surface area contributed by atoms with Gasteiger partial charge < -0.3 is 4.52 Å². The van der Waals surface area contributed by atoms with Crippen molar-refractivity contribution in [1.29, 1.82) is 0 Å². The molecule has 5 nitrogen and oxygen atoms in total. The van der Waals surface area contributed by atoms with Crippen molar-refractivity contribution in [2.75, 3.05) is 0 Å². The number of rotatable bonds is 4. The van der Waals surface area contributed by atoms with Gasteiger partial charge in [-0.25, -0.2) is 13.2 Å². The molecule has 0 saturated heterocycles. The molecule has 0 aliphatic carbocycles. The van der Waals surface area contributed by atoms with Gasteiger partial charge in [-0.3, -0.25) is 4.68 Å². The smallest absolute Gasteiger partial charge is 0.280 e. The highest BCUT2D eigenvalue weighted by molar-refractivity contribution is 5.48. The number of hydrogen-bond acceptors (Lipinski definition) is 4. The van der Waals surface area contributed by atoms with E-state index in [2.05, 4.69) is 15.2 Å². The molecule has 0 N–H and O–H groups in total. The summed E-state index contributed by atoms with van der Waals surface area (Å²) in [7, 11) is 1.42. The molecule has 3 rings (SSSR count). The first-order valence-electron chi connectivity index (χ1n) is 7.63. The molecule has 0 atom stereocenters. The van der Waals surface area contributed by atoms with Gasteiger partial charge in [-0.1, -0.05) is 11.2 Å². The molecule has 0 unspecified atom stereocenters. The third-order valence-electron chi connectivity index (χ3n) is 4.22. The Balaban J connectivity index is 2.00. The zero-order chi connectivity index (χ0) is 18.4. The lowest BCUT2D eigenvalue weighted by atomic mass is 9.81. The van der Waals surface area contributed by atoms with Crippen LogP contribution in [0, 0.1) is 12.7 Å². The van der Waals surface area contributed by atoms with Crippen molar-refractivity contribution >= 4 is 0 Å². The maximum absolute atomic E-state index is 13.6. The maximum atomic E-state index is 13.6. The lowest BCUT2D eigenvalue weighted by Crippen LogP contribution is -2.22. The van der Waals surface area contributed by atoms with Crippen LogP contribution in [0.2, 0.25) is 0 Å². The van der Waals surface area contributed by atoms with Gasteiger partial charge in [0.1, 0.15) is 11.5 Å². The lowest BCUT2D eigenvalue weighted by molar-refractivity contribution is 0.141. The number of hydrogen-bond donors (Lipinski definition) is 0. The zero-order valence-corrected chi connectivity index (χ0v) is 14.2. The van der Waals surface area contributed by atoms with Gasteiger partial charge in [0, 0.05) is 7.05 Å². The summed E-state index contributed by atoms with van der Waals surface area (Å²) >= 11 is 0. The van der Waals surface area contributed by atoms with Crippen molar-refractivity contribution < 1.29 is 17.7 Å². The average molecular weight is 350 g/mol. The molecule has 1 aromatic carbocycles. The molecule has 0 aliphatic heterocycles. The summed E-state index contributed by atoms with van der Waals surface area (Å²) in [6.45, 7) is 5.55. The molecule has 0 radical (unpaired) electrons. The Morgan fingerprint density at radius 1 is 1.20 bits per heavy atom. The fraction of sp³-hybridized carbons (Fsp3) is 0.353. The number of aryl methyl sites for hydroxylation is 2. The molecule has 0 spiro atoms. The van der Waals surface area contributed by atoms with Crippen molar-refractivity contribution in [2.24, 2.45) is 7.05 Å². The largest absolute Gasteiger partial charge is 0.332 e. The van der Waals surface area contributed by atoms with Gasteiger partial charge in [0.25, 0.3) is 12.3 Å². The highest BCUT2D eigenvalue weighted by atomic mass is 19.3. The average Bonchev–Trinajstić information content (AvgIpc) is 3.16. The minimum Gasteiger partial charge on any atom is -0.332 e. The monoisotopic (exact) mass is 350 g/mol. The summed E-state index contributed by atoms with van der Waals surface area (Å²) in [5.74, 6) is 0.00350. The van der Waals surface area contributed by atoms with E-state index in [9.17, 15) is 13.2 Å². The Labute approximate surface area is 142 Å². The molecule has 2 aromatic heterocycles. The molecule has 0 amide bonds. The van der Waals surface area contributed by atoms with Gasteiger partial charge in [-0.15, -0.1) is 0 Å². The van der Waals surface area contributed by atoms with Gasteiger partial charge in [0.15, 0.2) is 11.5 Å². The van der Waals surface area contributed by atoms with Crippen LogP contribution in [-0.2, 0) is 12.5 Å². The van der Waals surface area contributed by atoms with Gasteiger partial charge in [-0.2, -0.15) is 10.1 Å². The van der Waals surface area contributed by atoms with Gasteiger partial charge in [0.05, 0.1) is 5.41 Å². The third-order valence-corrected chi connectivity index (χ3v) is 4.22. The van der Waals surface area contributed by atoms with Crippen LogP contribution in [0.3, 0.4) is 0 Å². The Morgan fingerprint density at radius 2 is 1.92 bits per heavy atom. The van der Waals surface area contributed by atoms with E-state index in [4.69, 9.17) is 4.52 Å². The normalized spacial score (nSPS) is 12.2.